The topological polar surface area (TPSA) is 65.4 Å². The first-order valence-electron chi connectivity index (χ1n) is 9.00. The summed E-state index contributed by atoms with van der Waals surface area (Å²) in [5.41, 5.74) is -0.432. The van der Waals surface area contributed by atoms with E-state index in [4.69, 9.17) is 10.00 Å². The van der Waals surface area contributed by atoms with Crippen LogP contribution in [0, 0.1) is 17.2 Å². The second-order valence-electron chi connectivity index (χ2n) is 7.92. The van der Waals surface area contributed by atoms with Crippen molar-refractivity contribution in [2.75, 3.05) is 13.1 Å². The van der Waals surface area contributed by atoms with Crippen LogP contribution in [-0.4, -0.2) is 41.8 Å². The molecule has 1 aliphatic carbocycles. The fraction of sp³-hybridized carbons (Fsp3) is 0.889. The molecule has 130 valence electrons. The molecule has 1 saturated heterocycles. The Bertz CT molecular complexity index is 431. The molecule has 2 rings (SSSR count). The van der Waals surface area contributed by atoms with E-state index < -0.39 is 5.60 Å². The molecule has 1 heterocycles. The van der Waals surface area contributed by atoms with E-state index in [-0.39, 0.29) is 6.09 Å². The van der Waals surface area contributed by atoms with Gasteiger partial charge in [0.05, 0.1) is 6.07 Å². The van der Waals surface area contributed by atoms with Gasteiger partial charge >= 0.3 is 6.09 Å². The van der Waals surface area contributed by atoms with Gasteiger partial charge in [-0.3, -0.25) is 0 Å². The molecule has 1 saturated carbocycles. The molecular weight excluding hydrogens is 290 g/mol. The van der Waals surface area contributed by atoms with Crippen LogP contribution in [0.2, 0.25) is 0 Å². The van der Waals surface area contributed by atoms with Crippen LogP contribution in [0.5, 0.6) is 0 Å². The Morgan fingerprint density at radius 1 is 1.22 bits per heavy atom. The molecule has 0 aromatic carbocycles. The van der Waals surface area contributed by atoms with Crippen LogP contribution >= 0.6 is 0 Å². The van der Waals surface area contributed by atoms with Crippen LogP contribution in [0.25, 0.3) is 0 Å². The Hall–Kier alpha value is -1.28. The van der Waals surface area contributed by atoms with Gasteiger partial charge in [0.2, 0.25) is 0 Å². The predicted molar refractivity (Wildman–Crippen MR) is 89.9 cm³/mol. The summed E-state index contributed by atoms with van der Waals surface area (Å²) >= 11 is 0. The molecule has 5 heteroatoms. The first-order valence-corrected chi connectivity index (χ1v) is 9.00. The summed E-state index contributed by atoms with van der Waals surface area (Å²) in [6, 6.07) is 3.27. The minimum atomic E-state index is -0.432. The lowest BCUT2D eigenvalue weighted by atomic mass is 9.82. The lowest BCUT2D eigenvalue weighted by molar-refractivity contribution is 0.0191. The van der Waals surface area contributed by atoms with Crippen molar-refractivity contribution >= 4 is 6.09 Å². The highest BCUT2D eigenvalue weighted by Crippen LogP contribution is 2.28. The monoisotopic (exact) mass is 321 g/mol. The number of carbonyl (C=O) groups is 1. The Kier molecular flexibility index (Phi) is 6.29. The van der Waals surface area contributed by atoms with E-state index in [2.05, 4.69) is 11.4 Å². The second kappa shape index (κ2) is 8.01. The quantitative estimate of drug-likeness (QED) is 0.864. The van der Waals surface area contributed by atoms with E-state index in [1.807, 2.05) is 25.7 Å². The van der Waals surface area contributed by atoms with Crippen LogP contribution < -0.4 is 5.32 Å². The first-order chi connectivity index (χ1) is 10.9. The third kappa shape index (κ3) is 5.69. The molecule has 0 unspecified atom stereocenters. The summed E-state index contributed by atoms with van der Waals surface area (Å²) in [5.74, 6) is 0.498. The third-order valence-corrected chi connectivity index (χ3v) is 4.86. The third-order valence-electron chi connectivity index (χ3n) is 4.86. The highest BCUT2D eigenvalue weighted by Gasteiger charge is 2.30. The number of amides is 1. The lowest BCUT2D eigenvalue weighted by Gasteiger charge is -2.38. The summed E-state index contributed by atoms with van der Waals surface area (Å²) in [4.78, 5) is 13.9. The molecule has 0 radical (unpaired) electrons. The van der Waals surface area contributed by atoms with E-state index >= 15 is 0 Å². The van der Waals surface area contributed by atoms with E-state index in [0.717, 1.165) is 25.9 Å². The van der Waals surface area contributed by atoms with Crippen LogP contribution in [0.4, 0.5) is 4.79 Å². The molecule has 1 amide bonds. The van der Waals surface area contributed by atoms with Crippen LogP contribution in [0.15, 0.2) is 0 Å². The number of hydrogen-bond donors (Lipinski definition) is 1. The van der Waals surface area contributed by atoms with E-state index in [1.54, 1.807) is 0 Å². The van der Waals surface area contributed by atoms with Gasteiger partial charge in [-0.1, -0.05) is 12.8 Å². The maximum absolute atomic E-state index is 12.1. The van der Waals surface area contributed by atoms with E-state index in [0.29, 0.717) is 24.4 Å². The zero-order chi connectivity index (χ0) is 16.9. The number of piperidine rings is 1. The van der Waals surface area contributed by atoms with Crippen molar-refractivity contribution in [1.82, 2.24) is 10.2 Å². The van der Waals surface area contributed by atoms with Crippen molar-refractivity contribution in [3.63, 3.8) is 0 Å². The Morgan fingerprint density at radius 2 is 1.87 bits per heavy atom. The number of ether oxygens (including phenoxy) is 1. The van der Waals surface area contributed by atoms with Crippen molar-refractivity contribution < 1.29 is 9.53 Å². The van der Waals surface area contributed by atoms with Crippen molar-refractivity contribution in [1.29, 1.82) is 5.26 Å². The number of rotatable bonds is 3. The Morgan fingerprint density at radius 3 is 2.48 bits per heavy atom. The molecule has 2 atom stereocenters. The zero-order valence-corrected chi connectivity index (χ0v) is 14.8. The molecule has 0 spiro atoms. The number of nitriles is 1. The van der Waals surface area contributed by atoms with Gasteiger partial charge in [0, 0.05) is 31.6 Å². The molecule has 2 fully saturated rings. The fourth-order valence-corrected chi connectivity index (χ4v) is 3.65. The largest absolute Gasteiger partial charge is 0.444 e. The van der Waals surface area contributed by atoms with Gasteiger partial charge in [0.25, 0.3) is 0 Å². The van der Waals surface area contributed by atoms with Crippen molar-refractivity contribution in [3.8, 4) is 6.07 Å². The highest BCUT2D eigenvalue weighted by atomic mass is 16.6. The number of carbonyl (C=O) groups excluding carboxylic acids is 1. The zero-order valence-electron chi connectivity index (χ0n) is 14.8. The summed E-state index contributed by atoms with van der Waals surface area (Å²) < 4.78 is 5.44. The van der Waals surface area contributed by atoms with Crippen molar-refractivity contribution in [2.45, 2.75) is 83.4 Å². The summed E-state index contributed by atoms with van der Waals surface area (Å²) in [5, 5.41) is 12.8. The number of nitrogens with one attached hydrogen (secondary N) is 1. The summed E-state index contributed by atoms with van der Waals surface area (Å²) in [6.45, 7) is 7.21. The average Bonchev–Trinajstić information content (AvgIpc) is 2.48. The average molecular weight is 321 g/mol. The van der Waals surface area contributed by atoms with Crippen LogP contribution in [0.3, 0.4) is 0 Å². The molecule has 23 heavy (non-hydrogen) atoms. The van der Waals surface area contributed by atoms with Crippen LogP contribution in [0.1, 0.15) is 65.7 Å². The standard InChI is InChI=1S/C18H31N3O2/c1-18(2,3)23-17(22)21-12-9-15(10-13-21)20-16-7-5-4-6-14(16)8-11-19/h14-16,20H,4-10,12-13H2,1-3H3/t14-,16+/m1/s1. The Labute approximate surface area is 140 Å². The Balaban J connectivity index is 1.78. The van der Waals surface area contributed by atoms with Crippen molar-refractivity contribution in [2.24, 2.45) is 5.92 Å². The van der Waals surface area contributed by atoms with Crippen molar-refractivity contribution in [3.05, 3.63) is 0 Å². The van der Waals surface area contributed by atoms with E-state index in [1.165, 1.54) is 25.7 Å². The number of likely N-dealkylation sites (tertiary alicyclic amines) is 1. The molecular formula is C18H31N3O2. The molecule has 1 N–H and O–H groups in total. The minimum absolute atomic E-state index is 0.198. The maximum atomic E-state index is 12.1. The van der Waals surface area contributed by atoms with E-state index in [9.17, 15) is 4.79 Å². The molecule has 1 aliphatic heterocycles. The van der Waals surface area contributed by atoms with Gasteiger partial charge in [-0.15, -0.1) is 0 Å². The molecule has 0 aromatic heterocycles. The second-order valence-corrected chi connectivity index (χ2v) is 7.92. The normalized spacial score (nSPS) is 26.6. The van der Waals surface area contributed by atoms with Gasteiger partial charge in [-0.25, -0.2) is 4.79 Å². The number of nitrogens with zero attached hydrogens (tertiary/aromatic N) is 2. The summed E-state index contributed by atoms with van der Waals surface area (Å²) in [7, 11) is 0. The van der Waals surface area contributed by atoms with Gasteiger partial charge < -0.3 is 15.0 Å². The van der Waals surface area contributed by atoms with Gasteiger partial charge in [-0.05, 0) is 52.4 Å². The highest BCUT2D eigenvalue weighted by molar-refractivity contribution is 5.68. The molecule has 5 nitrogen and oxygen atoms in total. The molecule has 0 bridgehead atoms. The fourth-order valence-electron chi connectivity index (χ4n) is 3.65. The lowest BCUT2D eigenvalue weighted by Crippen LogP contribution is -2.50. The van der Waals surface area contributed by atoms with Gasteiger partial charge in [-0.2, -0.15) is 5.26 Å². The molecule has 2 aliphatic rings. The van der Waals surface area contributed by atoms with Gasteiger partial charge in [0.15, 0.2) is 0 Å². The maximum Gasteiger partial charge on any atom is 0.410 e. The SMILES string of the molecule is CC(C)(C)OC(=O)N1CCC(N[C@H]2CCCC[C@@H]2CC#N)CC1. The first kappa shape index (κ1) is 18.1. The molecule has 0 aromatic rings. The van der Waals surface area contributed by atoms with Crippen LogP contribution in [-0.2, 0) is 4.74 Å². The van der Waals surface area contributed by atoms with Gasteiger partial charge in [0.1, 0.15) is 5.60 Å². The predicted octanol–water partition coefficient (Wildman–Crippen LogP) is 3.45. The smallest absolute Gasteiger partial charge is 0.410 e. The summed E-state index contributed by atoms with van der Waals surface area (Å²) in [6.07, 6.45) is 7.26. The minimum Gasteiger partial charge on any atom is -0.444 e. The number of hydrogen-bond acceptors (Lipinski definition) is 4.